The Morgan fingerprint density at radius 3 is 2.53 bits per heavy atom. The van der Waals surface area contributed by atoms with Gasteiger partial charge < -0.3 is 5.32 Å². The minimum absolute atomic E-state index is 0.260. The predicted molar refractivity (Wildman–Crippen MR) is 65.3 cm³/mol. The molecule has 0 bridgehead atoms. The summed E-state index contributed by atoms with van der Waals surface area (Å²) in [7, 11) is 0. The highest BCUT2D eigenvalue weighted by molar-refractivity contribution is 5.42. The smallest absolute Gasteiger partial charge is 0.0208 e. The topological polar surface area (TPSA) is 12.0 Å². The summed E-state index contributed by atoms with van der Waals surface area (Å²) < 4.78 is 0. The van der Waals surface area contributed by atoms with Crippen LogP contribution in [-0.2, 0) is 18.4 Å². The van der Waals surface area contributed by atoms with E-state index in [1.807, 2.05) is 0 Å². The highest BCUT2D eigenvalue weighted by Crippen LogP contribution is 2.29. The zero-order valence-electron chi connectivity index (χ0n) is 10.3. The lowest BCUT2D eigenvalue weighted by molar-refractivity contribution is 0.578. The second kappa shape index (κ2) is 3.64. The molecule has 0 saturated carbocycles. The van der Waals surface area contributed by atoms with Gasteiger partial charge in [-0.25, -0.2) is 0 Å². The van der Waals surface area contributed by atoms with Crippen LogP contribution in [0.5, 0.6) is 0 Å². The van der Waals surface area contributed by atoms with Crippen molar-refractivity contribution in [1.82, 2.24) is 5.32 Å². The maximum Gasteiger partial charge on any atom is 0.0208 e. The monoisotopic (exact) mass is 203 g/mol. The van der Waals surface area contributed by atoms with Gasteiger partial charge in [0.25, 0.3) is 0 Å². The van der Waals surface area contributed by atoms with Crippen LogP contribution in [0.3, 0.4) is 0 Å². The average molecular weight is 203 g/mol. The molecule has 1 aromatic carbocycles. The van der Waals surface area contributed by atoms with Crippen LogP contribution in [0.25, 0.3) is 0 Å². The first-order valence-corrected chi connectivity index (χ1v) is 5.82. The summed E-state index contributed by atoms with van der Waals surface area (Å²) in [4.78, 5) is 0. The van der Waals surface area contributed by atoms with Crippen molar-refractivity contribution in [3.63, 3.8) is 0 Å². The molecule has 2 rings (SSSR count). The van der Waals surface area contributed by atoms with Gasteiger partial charge in [-0.3, -0.25) is 0 Å². The molecule has 0 aromatic heterocycles. The average Bonchev–Trinajstić information content (AvgIpc) is 2.15. The number of benzene rings is 1. The molecule has 0 fully saturated rings. The van der Waals surface area contributed by atoms with Gasteiger partial charge in [-0.15, -0.1) is 0 Å². The fraction of sp³-hybridized carbons (Fsp3) is 0.571. The van der Waals surface area contributed by atoms with Gasteiger partial charge in [0.15, 0.2) is 0 Å². The highest BCUT2D eigenvalue weighted by Gasteiger charge is 2.19. The fourth-order valence-corrected chi connectivity index (χ4v) is 2.46. The summed E-state index contributed by atoms with van der Waals surface area (Å²) in [6, 6.07) is 4.79. The van der Waals surface area contributed by atoms with E-state index in [0.29, 0.717) is 0 Å². The molecule has 1 heteroatoms. The molecule has 0 amide bonds. The normalized spacial score (nSPS) is 16.3. The first kappa shape index (κ1) is 10.7. The molecule has 0 saturated heterocycles. The summed E-state index contributed by atoms with van der Waals surface area (Å²) in [6.07, 6.45) is 1.18. The highest BCUT2D eigenvalue weighted by atomic mass is 14.9. The van der Waals surface area contributed by atoms with E-state index in [2.05, 4.69) is 45.1 Å². The quantitative estimate of drug-likeness (QED) is 0.683. The first-order valence-electron chi connectivity index (χ1n) is 5.82. The molecule has 1 aromatic rings. The second-order valence-electron chi connectivity index (χ2n) is 5.61. The molecule has 1 nitrogen and oxygen atoms in total. The fourth-order valence-electron chi connectivity index (χ4n) is 2.46. The molecule has 1 heterocycles. The summed E-state index contributed by atoms with van der Waals surface area (Å²) in [5.74, 6) is 0. The van der Waals surface area contributed by atoms with Crippen LogP contribution >= 0.6 is 0 Å². The summed E-state index contributed by atoms with van der Waals surface area (Å²) in [5.41, 5.74) is 6.24. The second-order valence-corrected chi connectivity index (χ2v) is 5.61. The first-order chi connectivity index (χ1) is 6.98. The van der Waals surface area contributed by atoms with Gasteiger partial charge in [0.1, 0.15) is 0 Å². The van der Waals surface area contributed by atoms with Crippen molar-refractivity contribution < 1.29 is 0 Å². The molecule has 0 atom stereocenters. The Hall–Kier alpha value is -0.820. The largest absolute Gasteiger partial charge is 0.312 e. The number of aryl methyl sites for hydroxylation is 1. The number of rotatable bonds is 0. The Morgan fingerprint density at radius 2 is 1.87 bits per heavy atom. The molecular weight excluding hydrogens is 182 g/mol. The standard InChI is InChI=1S/C14H21N/c1-10-7-11-5-6-15-9-12(11)8-13(10)14(2,3)4/h7-8,15H,5-6,9H2,1-4H3. The lowest BCUT2D eigenvalue weighted by atomic mass is 9.81. The lowest BCUT2D eigenvalue weighted by Crippen LogP contribution is -2.25. The minimum Gasteiger partial charge on any atom is -0.312 e. The van der Waals surface area contributed by atoms with Crippen LogP contribution < -0.4 is 5.32 Å². The van der Waals surface area contributed by atoms with E-state index in [9.17, 15) is 0 Å². The number of fused-ring (bicyclic) bond motifs is 1. The molecular formula is C14H21N. The number of nitrogens with one attached hydrogen (secondary N) is 1. The maximum atomic E-state index is 3.44. The SMILES string of the molecule is Cc1cc2c(cc1C(C)(C)C)CNCC2. The third kappa shape index (κ3) is 2.07. The third-order valence-corrected chi connectivity index (χ3v) is 3.24. The van der Waals surface area contributed by atoms with Gasteiger partial charge in [0, 0.05) is 6.54 Å². The summed E-state index contributed by atoms with van der Waals surface area (Å²) >= 11 is 0. The van der Waals surface area contributed by atoms with E-state index >= 15 is 0 Å². The van der Waals surface area contributed by atoms with Gasteiger partial charge in [-0.05, 0) is 47.6 Å². The lowest BCUT2D eigenvalue weighted by Gasteiger charge is -2.26. The number of hydrogen-bond acceptors (Lipinski definition) is 1. The van der Waals surface area contributed by atoms with Crippen molar-refractivity contribution in [2.45, 2.75) is 46.1 Å². The van der Waals surface area contributed by atoms with Crippen molar-refractivity contribution in [3.8, 4) is 0 Å². The van der Waals surface area contributed by atoms with Gasteiger partial charge >= 0.3 is 0 Å². The molecule has 15 heavy (non-hydrogen) atoms. The van der Waals surface area contributed by atoms with Crippen molar-refractivity contribution >= 4 is 0 Å². The molecule has 1 aliphatic rings. The van der Waals surface area contributed by atoms with Crippen molar-refractivity contribution in [2.75, 3.05) is 6.54 Å². The summed E-state index contributed by atoms with van der Waals surface area (Å²) in [6.45, 7) is 11.3. The Balaban J connectivity index is 2.50. The third-order valence-electron chi connectivity index (χ3n) is 3.24. The van der Waals surface area contributed by atoms with Crippen LogP contribution in [0, 0.1) is 6.92 Å². The van der Waals surface area contributed by atoms with Crippen LogP contribution in [0.15, 0.2) is 12.1 Å². The van der Waals surface area contributed by atoms with Crippen LogP contribution in [-0.4, -0.2) is 6.54 Å². The van der Waals surface area contributed by atoms with E-state index in [-0.39, 0.29) is 5.41 Å². The van der Waals surface area contributed by atoms with E-state index < -0.39 is 0 Å². The van der Waals surface area contributed by atoms with E-state index in [0.717, 1.165) is 13.1 Å². The Bertz CT molecular complexity index is 372. The van der Waals surface area contributed by atoms with E-state index in [1.165, 1.54) is 23.1 Å². The zero-order chi connectivity index (χ0) is 11.1. The summed E-state index contributed by atoms with van der Waals surface area (Å²) in [5, 5.41) is 3.44. The van der Waals surface area contributed by atoms with Gasteiger partial charge in [-0.2, -0.15) is 0 Å². The van der Waals surface area contributed by atoms with Crippen LogP contribution in [0.2, 0.25) is 0 Å². The van der Waals surface area contributed by atoms with Gasteiger partial charge in [-0.1, -0.05) is 32.9 Å². The molecule has 1 N–H and O–H groups in total. The molecule has 1 aliphatic heterocycles. The molecule has 0 spiro atoms. The Kier molecular flexibility index (Phi) is 2.59. The van der Waals surface area contributed by atoms with Crippen LogP contribution in [0.4, 0.5) is 0 Å². The minimum atomic E-state index is 0.260. The molecule has 0 unspecified atom stereocenters. The zero-order valence-corrected chi connectivity index (χ0v) is 10.3. The van der Waals surface area contributed by atoms with Gasteiger partial charge in [0.2, 0.25) is 0 Å². The number of hydrogen-bond donors (Lipinski definition) is 1. The van der Waals surface area contributed by atoms with E-state index in [4.69, 9.17) is 0 Å². The van der Waals surface area contributed by atoms with Crippen molar-refractivity contribution in [2.24, 2.45) is 0 Å². The Labute approximate surface area is 92.9 Å². The molecule has 0 radical (unpaired) electrons. The van der Waals surface area contributed by atoms with E-state index in [1.54, 1.807) is 5.56 Å². The Morgan fingerprint density at radius 1 is 1.13 bits per heavy atom. The maximum absolute atomic E-state index is 3.44. The van der Waals surface area contributed by atoms with Gasteiger partial charge in [0.05, 0.1) is 0 Å². The van der Waals surface area contributed by atoms with Crippen molar-refractivity contribution in [3.05, 3.63) is 34.4 Å². The molecule has 82 valence electrons. The van der Waals surface area contributed by atoms with Crippen molar-refractivity contribution in [1.29, 1.82) is 0 Å². The van der Waals surface area contributed by atoms with Crippen LogP contribution in [0.1, 0.15) is 43.0 Å². The molecule has 0 aliphatic carbocycles. The predicted octanol–water partition coefficient (Wildman–Crippen LogP) is 2.94.